The van der Waals surface area contributed by atoms with Crippen LogP contribution in [0.25, 0.3) is 0 Å². The first-order valence-corrected chi connectivity index (χ1v) is 10.8. The first-order chi connectivity index (χ1) is 13.2. The van der Waals surface area contributed by atoms with Crippen molar-refractivity contribution in [3.63, 3.8) is 0 Å². The Morgan fingerprint density at radius 2 is 1.89 bits per heavy atom. The molecular weight excluding hydrogens is 338 g/mol. The molecule has 3 unspecified atom stereocenters. The fraction of sp³-hybridized carbons (Fsp3) is 0.850. The first kappa shape index (κ1) is 17.5. The lowest BCUT2D eigenvalue weighted by Gasteiger charge is -2.42. The zero-order valence-electron chi connectivity index (χ0n) is 16.8. The molecule has 4 aliphatic rings. The maximum Gasteiger partial charge on any atom is 0.194 e. The lowest BCUT2D eigenvalue weighted by Crippen LogP contribution is -2.55. The molecule has 7 heteroatoms. The second-order valence-electron chi connectivity index (χ2n) is 9.05. The molecule has 1 saturated heterocycles. The van der Waals surface area contributed by atoms with Gasteiger partial charge >= 0.3 is 0 Å². The van der Waals surface area contributed by atoms with Gasteiger partial charge in [0.25, 0.3) is 0 Å². The summed E-state index contributed by atoms with van der Waals surface area (Å²) in [6.45, 7) is 7.12. The molecule has 0 radical (unpaired) electrons. The van der Waals surface area contributed by atoms with Crippen molar-refractivity contribution in [2.24, 2.45) is 23.9 Å². The summed E-state index contributed by atoms with van der Waals surface area (Å²) in [6.07, 6.45) is 8.46. The highest BCUT2D eigenvalue weighted by Crippen LogP contribution is 2.46. The van der Waals surface area contributed by atoms with Crippen LogP contribution >= 0.6 is 0 Å². The van der Waals surface area contributed by atoms with E-state index in [2.05, 4.69) is 25.3 Å². The molecular formula is C20H33N7. The van der Waals surface area contributed by atoms with Gasteiger partial charge in [0.15, 0.2) is 11.8 Å². The van der Waals surface area contributed by atoms with Crippen LogP contribution in [0.1, 0.15) is 50.2 Å². The third-order valence-corrected chi connectivity index (χ3v) is 7.25. The second-order valence-corrected chi connectivity index (χ2v) is 9.05. The standard InChI is InChI=1S/C20H33N7/c1-14-23-24-19(25(14)2)13-21-20(22-17-5-6-17)27-9-7-26(8-10-27)18-12-15-3-4-16(18)11-15/h15-18H,3-13H2,1-2H3,(H,21,22). The molecule has 27 heavy (non-hydrogen) atoms. The summed E-state index contributed by atoms with van der Waals surface area (Å²) in [5, 5.41) is 12.1. The maximum absolute atomic E-state index is 4.92. The van der Waals surface area contributed by atoms with E-state index >= 15 is 0 Å². The maximum atomic E-state index is 4.92. The van der Waals surface area contributed by atoms with Crippen molar-refractivity contribution in [3.05, 3.63) is 11.6 Å². The number of nitrogens with one attached hydrogen (secondary N) is 1. The lowest BCUT2D eigenvalue weighted by molar-refractivity contribution is 0.0957. The molecule has 5 rings (SSSR count). The number of piperazine rings is 1. The van der Waals surface area contributed by atoms with Gasteiger partial charge in [-0.15, -0.1) is 10.2 Å². The number of nitrogens with zero attached hydrogens (tertiary/aromatic N) is 6. The largest absolute Gasteiger partial charge is 0.353 e. The number of hydrogen-bond donors (Lipinski definition) is 1. The molecule has 3 atom stereocenters. The van der Waals surface area contributed by atoms with Gasteiger partial charge < -0.3 is 14.8 Å². The van der Waals surface area contributed by atoms with Crippen molar-refractivity contribution >= 4 is 5.96 Å². The van der Waals surface area contributed by atoms with Crippen LogP contribution in [-0.2, 0) is 13.6 Å². The number of fused-ring (bicyclic) bond motifs is 2. The number of aliphatic imine (C=N–C) groups is 1. The Hall–Kier alpha value is -1.63. The molecule has 2 heterocycles. The van der Waals surface area contributed by atoms with E-state index in [1.54, 1.807) is 0 Å². The molecule has 0 aromatic carbocycles. The molecule has 148 valence electrons. The van der Waals surface area contributed by atoms with Gasteiger partial charge in [-0.2, -0.15) is 0 Å². The highest BCUT2D eigenvalue weighted by Gasteiger charge is 2.43. The van der Waals surface area contributed by atoms with Crippen LogP contribution in [0.2, 0.25) is 0 Å². The van der Waals surface area contributed by atoms with E-state index < -0.39 is 0 Å². The predicted octanol–water partition coefficient (Wildman–Crippen LogP) is 1.54. The molecule has 7 nitrogen and oxygen atoms in total. The Bertz CT molecular complexity index is 699. The summed E-state index contributed by atoms with van der Waals surface area (Å²) in [7, 11) is 2.02. The van der Waals surface area contributed by atoms with Crippen LogP contribution in [-0.4, -0.2) is 68.8 Å². The van der Waals surface area contributed by atoms with Crippen LogP contribution < -0.4 is 5.32 Å². The van der Waals surface area contributed by atoms with Gasteiger partial charge in [-0.1, -0.05) is 6.42 Å². The van der Waals surface area contributed by atoms with Crippen LogP contribution in [0.5, 0.6) is 0 Å². The smallest absolute Gasteiger partial charge is 0.194 e. The van der Waals surface area contributed by atoms with Gasteiger partial charge in [-0.25, -0.2) is 4.99 Å². The molecule has 1 aromatic heterocycles. The van der Waals surface area contributed by atoms with Crippen LogP contribution in [0, 0.1) is 18.8 Å². The fourth-order valence-electron chi connectivity index (χ4n) is 5.31. The minimum atomic E-state index is 0.596. The van der Waals surface area contributed by atoms with Crippen molar-refractivity contribution in [1.29, 1.82) is 0 Å². The first-order valence-electron chi connectivity index (χ1n) is 10.8. The van der Waals surface area contributed by atoms with Crippen molar-refractivity contribution in [2.75, 3.05) is 26.2 Å². The monoisotopic (exact) mass is 371 g/mol. The summed E-state index contributed by atoms with van der Waals surface area (Å²) in [5.74, 6) is 4.96. The second kappa shape index (κ2) is 7.08. The Morgan fingerprint density at radius 1 is 1.07 bits per heavy atom. The zero-order chi connectivity index (χ0) is 18.4. The lowest BCUT2D eigenvalue weighted by atomic mass is 9.93. The number of aryl methyl sites for hydroxylation is 1. The summed E-state index contributed by atoms with van der Waals surface area (Å²) in [6, 6.07) is 1.48. The van der Waals surface area contributed by atoms with E-state index in [-0.39, 0.29) is 0 Å². The Labute approximate surface area is 162 Å². The van der Waals surface area contributed by atoms with E-state index in [0.717, 1.165) is 48.6 Å². The number of guanidine groups is 1. The molecule has 3 saturated carbocycles. The third-order valence-electron chi connectivity index (χ3n) is 7.25. The van der Waals surface area contributed by atoms with E-state index in [1.165, 1.54) is 51.6 Å². The molecule has 3 aliphatic carbocycles. The van der Waals surface area contributed by atoms with Gasteiger partial charge in [0.05, 0.1) is 0 Å². The predicted molar refractivity (Wildman–Crippen MR) is 105 cm³/mol. The quantitative estimate of drug-likeness (QED) is 0.643. The van der Waals surface area contributed by atoms with Gasteiger partial charge in [0, 0.05) is 45.3 Å². The molecule has 1 aromatic rings. The van der Waals surface area contributed by atoms with Gasteiger partial charge in [0.1, 0.15) is 12.4 Å². The highest BCUT2D eigenvalue weighted by atomic mass is 15.4. The average Bonchev–Trinajstić information content (AvgIpc) is 3.10. The normalized spacial score (nSPS) is 31.7. The van der Waals surface area contributed by atoms with Crippen molar-refractivity contribution < 1.29 is 0 Å². The summed E-state index contributed by atoms with van der Waals surface area (Å²) >= 11 is 0. The molecule has 4 fully saturated rings. The topological polar surface area (TPSA) is 61.6 Å². The average molecular weight is 372 g/mol. The molecule has 1 aliphatic heterocycles. The molecule has 0 amide bonds. The third kappa shape index (κ3) is 3.58. The Morgan fingerprint density at radius 3 is 2.48 bits per heavy atom. The fourth-order valence-corrected chi connectivity index (χ4v) is 5.31. The summed E-state index contributed by atoms with van der Waals surface area (Å²) in [4.78, 5) is 10.2. The van der Waals surface area contributed by atoms with Gasteiger partial charge in [-0.05, 0) is 50.9 Å². The number of aromatic nitrogens is 3. The summed E-state index contributed by atoms with van der Waals surface area (Å²) in [5.41, 5.74) is 0. The minimum absolute atomic E-state index is 0.596. The van der Waals surface area contributed by atoms with Crippen molar-refractivity contribution in [3.8, 4) is 0 Å². The van der Waals surface area contributed by atoms with E-state index in [1.807, 2.05) is 18.5 Å². The van der Waals surface area contributed by atoms with E-state index in [9.17, 15) is 0 Å². The molecule has 1 N–H and O–H groups in total. The van der Waals surface area contributed by atoms with Crippen LogP contribution in [0.4, 0.5) is 0 Å². The van der Waals surface area contributed by atoms with Gasteiger partial charge in [0.2, 0.25) is 0 Å². The number of rotatable bonds is 4. The minimum Gasteiger partial charge on any atom is -0.353 e. The Balaban J connectivity index is 1.22. The highest BCUT2D eigenvalue weighted by molar-refractivity contribution is 5.80. The van der Waals surface area contributed by atoms with Crippen LogP contribution in [0.15, 0.2) is 4.99 Å². The summed E-state index contributed by atoms with van der Waals surface area (Å²) < 4.78 is 2.03. The zero-order valence-corrected chi connectivity index (χ0v) is 16.8. The van der Waals surface area contributed by atoms with Crippen molar-refractivity contribution in [1.82, 2.24) is 29.9 Å². The number of hydrogen-bond acceptors (Lipinski definition) is 4. The SMILES string of the molecule is Cc1nnc(CN=C(NC2CC2)N2CCN(C3CC4CCC3C4)CC2)n1C. The molecule has 2 bridgehead atoms. The van der Waals surface area contributed by atoms with Crippen LogP contribution in [0.3, 0.4) is 0 Å². The van der Waals surface area contributed by atoms with Crippen molar-refractivity contribution in [2.45, 2.75) is 64.1 Å². The van der Waals surface area contributed by atoms with E-state index in [4.69, 9.17) is 4.99 Å². The van der Waals surface area contributed by atoms with Gasteiger partial charge in [-0.3, -0.25) is 4.90 Å². The Kier molecular flexibility index (Phi) is 4.58. The van der Waals surface area contributed by atoms with E-state index in [0.29, 0.717) is 12.6 Å². The molecule has 0 spiro atoms.